The molecule has 0 saturated heterocycles. The standard InChI is InChI=1S/C17H20N4O2S/c1-11(2)24(22,23)15-10-6-5-9-14(15)21-16(18)12-7-3-4-8-13(12)20-17(21)19/h3-11,16H,18H2,1-2H3,(H2,19,20). The monoisotopic (exact) mass is 344 g/mol. The first kappa shape index (κ1) is 16.5. The maximum atomic E-state index is 12.7. The molecule has 0 amide bonds. The van der Waals surface area contributed by atoms with Crippen molar-refractivity contribution in [1.29, 1.82) is 0 Å². The molecule has 6 nitrogen and oxygen atoms in total. The molecule has 3 rings (SSSR count). The van der Waals surface area contributed by atoms with Crippen LogP contribution in [0.3, 0.4) is 0 Å². The molecule has 2 aromatic carbocycles. The Labute approximate surface area is 141 Å². The van der Waals surface area contributed by atoms with Crippen molar-refractivity contribution in [2.24, 2.45) is 16.5 Å². The summed E-state index contributed by atoms with van der Waals surface area (Å²) >= 11 is 0. The average Bonchev–Trinajstić information content (AvgIpc) is 2.55. The maximum Gasteiger partial charge on any atom is 0.202 e. The van der Waals surface area contributed by atoms with E-state index in [1.54, 1.807) is 43.0 Å². The lowest BCUT2D eigenvalue weighted by atomic mass is 10.1. The van der Waals surface area contributed by atoms with Crippen LogP contribution in [-0.4, -0.2) is 19.6 Å². The predicted molar refractivity (Wildman–Crippen MR) is 95.9 cm³/mol. The molecule has 1 unspecified atom stereocenters. The first-order valence-corrected chi connectivity index (χ1v) is 9.19. The van der Waals surface area contributed by atoms with Crippen LogP contribution in [0.5, 0.6) is 0 Å². The average molecular weight is 344 g/mol. The van der Waals surface area contributed by atoms with E-state index < -0.39 is 21.3 Å². The summed E-state index contributed by atoms with van der Waals surface area (Å²) in [6.45, 7) is 3.30. The van der Waals surface area contributed by atoms with Crippen molar-refractivity contribution in [3.63, 3.8) is 0 Å². The molecule has 0 saturated carbocycles. The van der Waals surface area contributed by atoms with E-state index >= 15 is 0 Å². The highest BCUT2D eigenvalue weighted by atomic mass is 32.2. The molecule has 1 aliphatic heterocycles. The van der Waals surface area contributed by atoms with Crippen LogP contribution in [0.4, 0.5) is 11.4 Å². The summed E-state index contributed by atoms with van der Waals surface area (Å²) in [5, 5.41) is -0.551. The van der Waals surface area contributed by atoms with Crippen molar-refractivity contribution in [1.82, 2.24) is 0 Å². The fourth-order valence-corrected chi connectivity index (χ4v) is 3.96. The minimum absolute atomic E-state index is 0.174. The molecule has 1 atom stereocenters. The van der Waals surface area contributed by atoms with Crippen LogP contribution in [0, 0.1) is 0 Å². The van der Waals surface area contributed by atoms with Gasteiger partial charge in [0.15, 0.2) is 9.84 Å². The second-order valence-corrected chi connectivity index (χ2v) is 8.38. The van der Waals surface area contributed by atoms with Gasteiger partial charge in [0, 0.05) is 5.56 Å². The fourth-order valence-electron chi connectivity index (χ4n) is 2.72. The van der Waals surface area contributed by atoms with Crippen LogP contribution in [0.25, 0.3) is 0 Å². The number of guanidine groups is 1. The summed E-state index contributed by atoms with van der Waals surface area (Å²) in [6, 6.07) is 14.1. The molecule has 0 radical (unpaired) electrons. The zero-order valence-corrected chi connectivity index (χ0v) is 14.4. The number of fused-ring (bicyclic) bond motifs is 1. The van der Waals surface area contributed by atoms with Crippen molar-refractivity contribution in [3.8, 4) is 0 Å². The van der Waals surface area contributed by atoms with Gasteiger partial charge in [0.05, 0.1) is 21.5 Å². The summed E-state index contributed by atoms with van der Waals surface area (Å²) in [6.07, 6.45) is -0.609. The maximum absolute atomic E-state index is 12.7. The van der Waals surface area contributed by atoms with Crippen molar-refractivity contribution >= 4 is 27.2 Å². The summed E-state index contributed by atoms with van der Waals surface area (Å²) in [4.78, 5) is 6.14. The minimum atomic E-state index is -3.49. The molecule has 7 heteroatoms. The Kier molecular flexibility index (Phi) is 4.06. The van der Waals surface area contributed by atoms with Gasteiger partial charge in [-0.3, -0.25) is 4.90 Å². The quantitative estimate of drug-likeness (QED) is 0.889. The summed E-state index contributed by atoms with van der Waals surface area (Å²) in [5.74, 6) is 0.174. The number of nitrogens with zero attached hydrogens (tertiary/aromatic N) is 2. The number of nitrogens with two attached hydrogens (primary N) is 2. The Morgan fingerprint density at radius 3 is 2.42 bits per heavy atom. The van der Waals surface area contributed by atoms with E-state index in [2.05, 4.69) is 4.99 Å². The molecule has 0 aliphatic carbocycles. The summed E-state index contributed by atoms with van der Waals surface area (Å²) < 4.78 is 25.4. The lowest BCUT2D eigenvalue weighted by Gasteiger charge is -2.35. The van der Waals surface area contributed by atoms with Crippen molar-refractivity contribution in [2.45, 2.75) is 30.2 Å². The first-order chi connectivity index (χ1) is 11.3. The molecule has 1 heterocycles. The van der Waals surface area contributed by atoms with Crippen molar-refractivity contribution in [3.05, 3.63) is 54.1 Å². The Morgan fingerprint density at radius 2 is 1.71 bits per heavy atom. The number of para-hydroxylation sites is 2. The number of anilines is 1. The zero-order valence-electron chi connectivity index (χ0n) is 13.5. The number of rotatable bonds is 3. The van der Waals surface area contributed by atoms with E-state index in [-0.39, 0.29) is 10.9 Å². The largest absolute Gasteiger partial charge is 0.369 e. The number of benzene rings is 2. The Bertz CT molecular complexity index is 906. The van der Waals surface area contributed by atoms with Gasteiger partial charge in [-0.25, -0.2) is 13.4 Å². The lowest BCUT2D eigenvalue weighted by Crippen LogP contribution is -2.46. The molecular formula is C17H20N4O2S. The molecule has 1 aliphatic rings. The third-order valence-electron chi connectivity index (χ3n) is 4.07. The molecule has 2 aromatic rings. The SMILES string of the molecule is CC(C)S(=O)(=O)c1ccccc1N1C(N)=Nc2ccccc2C1N. The van der Waals surface area contributed by atoms with Gasteiger partial charge in [0.1, 0.15) is 6.17 Å². The number of hydrogen-bond donors (Lipinski definition) is 2. The van der Waals surface area contributed by atoms with Crippen molar-refractivity contribution < 1.29 is 8.42 Å². The van der Waals surface area contributed by atoms with Crippen molar-refractivity contribution in [2.75, 3.05) is 4.90 Å². The Balaban J connectivity index is 2.18. The summed E-state index contributed by atoms with van der Waals surface area (Å²) in [7, 11) is -3.49. The smallest absolute Gasteiger partial charge is 0.202 e. The van der Waals surface area contributed by atoms with E-state index in [0.29, 0.717) is 11.4 Å². The zero-order chi connectivity index (χ0) is 17.5. The molecule has 0 spiro atoms. The second-order valence-electron chi connectivity index (χ2n) is 5.91. The van der Waals surface area contributed by atoms with Crippen LogP contribution in [0.2, 0.25) is 0 Å². The number of sulfone groups is 1. The van der Waals surface area contributed by atoms with E-state index in [0.717, 1.165) is 5.56 Å². The van der Waals surface area contributed by atoms with Crippen LogP contribution < -0.4 is 16.4 Å². The highest BCUT2D eigenvalue weighted by molar-refractivity contribution is 7.92. The van der Waals surface area contributed by atoms with Gasteiger partial charge in [0.25, 0.3) is 0 Å². The third kappa shape index (κ3) is 2.55. The molecule has 0 bridgehead atoms. The van der Waals surface area contributed by atoms with Gasteiger partial charge in [-0.1, -0.05) is 30.3 Å². The second kappa shape index (κ2) is 5.92. The molecular weight excluding hydrogens is 324 g/mol. The molecule has 0 fully saturated rings. The van der Waals surface area contributed by atoms with Crippen LogP contribution in [0.15, 0.2) is 58.4 Å². The molecule has 0 aromatic heterocycles. The van der Waals surface area contributed by atoms with Crippen LogP contribution in [-0.2, 0) is 9.84 Å². The van der Waals surface area contributed by atoms with Gasteiger partial charge >= 0.3 is 0 Å². The first-order valence-electron chi connectivity index (χ1n) is 7.65. The topological polar surface area (TPSA) is 102 Å². The molecule has 4 N–H and O–H groups in total. The van der Waals surface area contributed by atoms with Gasteiger partial charge in [-0.05, 0) is 32.0 Å². The van der Waals surface area contributed by atoms with E-state index in [1.165, 1.54) is 0 Å². The highest BCUT2D eigenvalue weighted by Gasteiger charge is 2.32. The van der Waals surface area contributed by atoms with Gasteiger partial charge < -0.3 is 11.5 Å². The van der Waals surface area contributed by atoms with E-state index in [9.17, 15) is 8.42 Å². The predicted octanol–water partition coefficient (Wildman–Crippen LogP) is 2.29. The fraction of sp³-hybridized carbons (Fsp3) is 0.235. The third-order valence-corrected chi connectivity index (χ3v) is 6.27. The molecule has 126 valence electrons. The Hall–Kier alpha value is -2.38. The minimum Gasteiger partial charge on any atom is -0.369 e. The molecule has 24 heavy (non-hydrogen) atoms. The van der Waals surface area contributed by atoms with Crippen LogP contribution in [0.1, 0.15) is 25.6 Å². The summed E-state index contributed by atoms with van der Waals surface area (Å²) in [5.41, 5.74) is 14.4. The van der Waals surface area contributed by atoms with Crippen LogP contribution >= 0.6 is 0 Å². The number of hydrogen-bond acceptors (Lipinski definition) is 6. The van der Waals surface area contributed by atoms with E-state index in [1.807, 2.05) is 24.3 Å². The van der Waals surface area contributed by atoms with Gasteiger partial charge in [-0.15, -0.1) is 0 Å². The number of aliphatic imine (C=N–C) groups is 1. The van der Waals surface area contributed by atoms with E-state index in [4.69, 9.17) is 11.5 Å². The normalized spacial score (nSPS) is 17.6. The lowest BCUT2D eigenvalue weighted by molar-refractivity contribution is 0.587. The highest BCUT2D eigenvalue weighted by Crippen LogP contribution is 2.37. The Morgan fingerprint density at radius 1 is 1.08 bits per heavy atom. The van der Waals surface area contributed by atoms with Gasteiger partial charge in [-0.2, -0.15) is 0 Å². The van der Waals surface area contributed by atoms with Gasteiger partial charge in [0.2, 0.25) is 5.96 Å².